The zero-order valence-corrected chi connectivity index (χ0v) is 12.5. The van der Waals surface area contributed by atoms with Gasteiger partial charge in [0.2, 0.25) is 5.95 Å². The van der Waals surface area contributed by atoms with Gasteiger partial charge in [0.25, 0.3) is 5.56 Å². The lowest BCUT2D eigenvalue weighted by Crippen LogP contribution is -2.31. The molecule has 2 aromatic heterocycles. The van der Waals surface area contributed by atoms with Crippen molar-refractivity contribution in [3.05, 3.63) is 20.8 Å². The SMILES string of the molecule is CCCCn1c(=O)[nH]c(=O)c2c1nc(NCCN)n2CC. The van der Waals surface area contributed by atoms with Crippen LogP contribution < -0.4 is 22.3 Å². The van der Waals surface area contributed by atoms with Crippen LogP contribution in [0, 0.1) is 0 Å². The van der Waals surface area contributed by atoms with Crippen LogP contribution in [-0.2, 0) is 13.1 Å². The monoisotopic (exact) mass is 294 g/mol. The topological polar surface area (TPSA) is 111 Å². The van der Waals surface area contributed by atoms with Gasteiger partial charge < -0.3 is 15.6 Å². The van der Waals surface area contributed by atoms with E-state index in [0.717, 1.165) is 12.8 Å². The number of nitrogens with two attached hydrogens (primary N) is 1. The molecule has 0 aliphatic rings. The molecule has 8 nitrogen and oxygen atoms in total. The molecule has 0 aliphatic heterocycles. The van der Waals surface area contributed by atoms with E-state index < -0.39 is 11.2 Å². The molecule has 0 bridgehead atoms. The summed E-state index contributed by atoms with van der Waals surface area (Å²) in [6.07, 6.45) is 1.81. The summed E-state index contributed by atoms with van der Waals surface area (Å²) in [5.41, 5.74) is 5.53. The number of H-pyrrole nitrogens is 1. The molecule has 0 radical (unpaired) electrons. The zero-order valence-electron chi connectivity index (χ0n) is 12.5. The highest BCUT2D eigenvalue weighted by molar-refractivity contribution is 5.74. The van der Waals surface area contributed by atoms with Crippen LogP contribution in [0.5, 0.6) is 0 Å². The third-order valence-corrected chi connectivity index (χ3v) is 3.36. The first-order valence-corrected chi connectivity index (χ1v) is 7.31. The Labute approximate surface area is 122 Å². The molecule has 0 aromatic carbocycles. The third kappa shape index (κ3) is 2.85. The Balaban J connectivity index is 2.66. The molecule has 21 heavy (non-hydrogen) atoms. The maximum Gasteiger partial charge on any atom is 0.330 e. The fourth-order valence-electron chi connectivity index (χ4n) is 2.32. The number of imidazole rings is 1. The molecule has 0 atom stereocenters. The molecule has 116 valence electrons. The molecule has 2 rings (SSSR count). The van der Waals surface area contributed by atoms with E-state index in [2.05, 4.69) is 15.3 Å². The summed E-state index contributed by atoms with van der Waals surface area (Å²) in [7, 11) is 0. The summed E-state index contributed by atoms with van der Waals surface area (Å²) in [5.74, 6) is 0.569. The van der Waals surface area contributed by atoms with Gasteiger partial charge in [-0.15, -0.1) is 0 Å². The van der Waals surface area contributed by atoms with Crippen molar-refractivity contribution < 1.29 is 0 Å². The molecule has 0 aliphatic carbocycles. The van der Waals surface area contributed by atoms with Crippen LogP contribution in [0.3, 0.4) is 0 Å². The van der Waals surface area contributed by atoms with Gasteiger partial charge >= 0.3 is 5.69 Å². The van der Waals surface area contributed by atoms with E-state index in [0.29, 0.717) is 43.3 Å². The second kappa shape index (κ2) is 6.57. The van der Waals surface area contributed by atoms with Crippen molar-refractivity contribution in [1.82, 2.24) is 19.1 Å². The number of hydrogen-bond acceptors (Lipinski definition) is 5. The van der Waals surface area contributed by atoms with Gasteiger partial charge in [0, 0.05) is 26.2 Å². The number of nitrogens with one attached hydrogen (secondary N) is 2. The fourth-order valence-corrected chi connectivity index (χ4v) is 2.32. The minimum atomic E-state index is -0.410. The predicted octanol–water partition coefficient (Wildman–Crippen LogP) is 0.0769. The number of fused-ring (bicyclic) bond motifs is 1. The molecule has 4 N–H and O–H groups in total. The zero-order chi connectivity index (χ0) is 15.4. The largest absolute Gasteiger partial charge is 0.354 e. The molecule has 0 fully saturated rings. The number of rotatable bonds is 7. The highest BCUT2D eigenvalue weighted by Crippen LogP contribution is 2.15. The van der Waals surface area contributed by atoms with Gasteiger partial charge in [-0.25, -0.2) is 4.79 Å². The lowest BCUT2D eigenvalue weighted by Gasteiger charge is -2.07. The summed E-state index contributed by atoms with van der Waals surface area (Å²) >= 11 is 0. The average Bonchev–Trinajstić information content (AvgIpc) is 2.83. The van der Waals surface area contributed by atoms with Gasteiger partial charge in [-0.05, 0) is 13.3 Å². The molecule has 2 heterocycles. The number of anilines is 1. The Morgan fingerprint density at radius 1 is 1.29 bits per heavy atom. The molecule has 8 heteroatoms. The fraction of sp³-hybridized carbons (Fsp3) is 0.615. The van der Waals surface area contributed by atoms with Crippen molar-refractivity contribution in [1.29, 1.82) is 0 Å². The first kappa shape index (κ1) is 15.3. The normalized spacial score (nSPS) is 11.2. The first-order chi connectivity index (χ1) is 10.1. The minimum absolute atomic E-state index is 0.405. The molecule has 0 saturated carbocycles. The maximum atomic E-state index is 12.1. The van der Waals surface area contributed by atoms with Crippen LogP contribution in [0.1, 0.15) is 26.7 Å². The van der Waals surface area contributed by atoms with Crippen LogP contribution >= 0.6 is 0 Å². The lowest BCUT2D eigenvalue weighted by atomic mass is 10.3. The van der Waals surface area contributed by atoms with Crippen molar-refractivity contribution in [2.45, 2.75) is 39.8 Å². The Hall–Kier alpha value is -2.09. The summed E-state index contributed by atoms with van der Waals surface area (Å²) < 4.78 is 3.30. The Bertz CT molecular complexity index is 727. The summed E-state index contributed by atoms with van der Waals surface area (Å²) in [6.45, 7) is 6.12. The third-order valence-electron chi connectivity index (χ3n) is 3.36. The van der Waals surface area contributed by atoms with Gasteiger partial charge in [0.15, 0.2) is 11.2 Å². The van der Waals surface area contributed by atoms with Crippen LogP contribution in [0.2, 0.25) is 0 Å². The minimum Gasteiger partial charge on any atom is -0.354 e. The Morgan fingerprint density at radius 3 is 2.67 bits per heavy atom. The second-order valence-corrected chi connectivity index (χ2v) is 4.83. The van der Waals surface area contributed by atoms with Crippen LogP contribution in [0.15, 0.2) is 9.59 Å². The van der Waals surface area contributed by atoms with Gasteiger partial charge in [0.1, 0.15) is 0 Å². The van der Waals surface area contributed by atoms with E-state index in [1.165, 1.54) is 4.57 Å². The van der Waals surface area contributed by atoms with E-state index in [9.17, 15) is 9.59 Å². The number of aromatic nitrogens is 4. The van der Waals surface area contributed by atoms with Crippen molar-refractivity contribution in [2.24, 2.45) is 5.73 Å². The quantitative estimate of drug-likeness (QED) is 0.669. The van der Waals surface area contributed by atoms with Crippen molar-refractivity contribution >= 4 is 17.1 Å². The van der Waals surface area contributed by atoms with Gasteiger partial charge in [-0.3, -0.25) is 14.3 Å². The van der Waals surface area contributed by atoms with E-state index in [1.54, 1.807) is 4.57 Å². The van der Waals surface area contributed by atoms with Gasteiger partial charge in [-0.2, -0.15) is 4.98 Å². The summed E-state index contributed by atoms with van der Waals surface area (Å²) in [5, 5.41) is 3.09. The number of nitrogens with zero attached hydrogens (tertiary/aromatic N) is 3. The van der Waals surface area contributed by atoms with Crippen molar-refractivity contribution in [3.63, 3.8) is 0 Å². The predicted molar refractivity (Wildman–Crippen MR) is 82.7 cm³/mol. The van der Waals surface area contributed by atoms with Crippen molar-refractivity contribution in [2.75, 3.05) is 18.4 Å². The number of hydrogen-bond donors (Lipinski definition) is 3. The second-order valence-electron chi connectivity index (χ2n) is 4.83. The maximum absolute atomic E-state index is 12.1. The average molecular weight is 294 g/mol. The highest BCUT2D eigenvalue weighted by Gasteiger charge is 2.17. The number of unbranched alkanes of at least 4 members (excludes halogenated alkanes) is 1. The lowest BCUT2D eigenvalue weighted by molar-refractivity contribution is 0.613. The summed E-state index contributed by atoms with van der Waals surface area (Å²) in [4.78, 5) is 30.9. The van der Waals surface area contributed by atoms with Gasteiger partial charge in [-0.1, -0.05) is 13.3 Å². The Morgan fingerprint density at radius 2 is 2.05 bits per heavy atom. The smallest absolute Gasteiger partial charge is 0.330 e. The van der Waals surface area contributed by atoms with Crippen LogP contribution in [0.25, 0.3) is 11.2 Å². The van der Waals surface area contributed by atoms with E-state index in [-0.39, 0.29) is 0 Å². The first-order valence-electron chi connectivity index (χ1n) is 7.31. The van der Waals surface area contributed by atoms with Crippen LogP contribution in [0.4, 0.5) is 5.95 Å². The molecule has 0 unspecified atom stereocenters. The summed E-state index contributed by atoms with van der Waals surface area (Å²) in [6, 6.07) is 0. The highest BCUT2D eigenvalue weighted by atomic mass is 16.2. The van der Waals surface area contributed by atoms with E-state index in [1.807, 2.05) is 13.8 Å². The molecular formula is C13H22N6O2. The van der Waals surface area contributed by atoms with E-state index >= 15 is 0 Å². The van der Waals surface area contributed by atoms with E-state index in [4.69, 9.17) is 5.73 Å². The van der Waals surface area contributed by atoms with Crippen molar-refractivity contribution in [3.8, 4) is 0 Å². The standard InChI is InChI=1S/C13H22N6O2/c1-3-5-8-19-10-9(11(20)17-13(19)21)18(4-2)12(16-10)15-7-6-14/h3-8,14H2,1-2H3,(H,15,16)(H,17,20,21). The number of aryl methyl sites for hydroxylation is 2. The Kier molecular flexibility index (Phi) is 4.79. The molecular weight excluding hydrogens is 272 g/mol. The molecule has 0 spiro atoms. The molecule has 2 aromatic rings. The van der Waals surface area contributed by atoms with Crippen LogP contribution in [-0.4, -0.2) is 32.2 Å². The molecule has 0 amide bonds. The van der Waals surface area contributed by atoms with Gasteiger partial charge in [0.05, 0.1) is 0 Å². The molecule has 0 saturated heterocycles. The number of aromatic amines is 1.